The number of hydrogen-bond acceptors (Lipinski definition) is 4. The van der Waals surface area contributed by atoms with Gasteiger partial charge in [-0.05, 0) is 36.6 Å². The predicted octanol–water partition coefficient (Wildman–Crippen LogP) is 2.79. The average molecular weight is 326 g/mol. The van der Waals surface area contributed by atoms with Gasteiger partial charge in [0.2, 0.25) is 11.8 Å². The lowest BCUT2D eigenvalue weighted by molar-refractivity contribution is -0.133. The lowest BCUT2D eigenvalue weighted by Gasteiger charge is -2.24. The summed E-state index contributed by atoms with van der Waals surface area (Å²) in [5.41, 5.74) is 1.57. The molecule has 0 aliphatic heterocycles. The fourth-order valence-corrected chi connectivity index (χ4v) is 3.08. The zero-order valence-corrected chi connectivity index (χ0v) is 14.3. The van der Waals surface area contributed by atoms with E-state index >= 15 is 0 Å². The summed E-state index contributed by atoms with van der Waals surface area (Å²) in [5, 5.41) is 0. The van der Waals surface area contributed by atoms with Gasteiger partial charge in [0.25, 0.3) is 0 Å². The molecule has 0 radical (unpaired) electrons. The number of amides is 1. The molecule has 5 heteroatoms. The number of hydrogen-bond donors (Lipinski definition) is 0. The molecule has 3 rings (SSSR count). The van der Waals surface area contributed by atoms with Gasteiger partial charge >= 0.3 is 0 Å². The number of rotatable bonds is 6. The summed E-state index contributed by atoms with van der Waals surface area (Å²) in [7, 11) is 5.06. The van der Waals surface area contributed by atoms with E-state index in [9.17, 15) is 4.79 Å². The molecule has 126 valence electrons. The molecule has 0 N–H and O–H groups in total. The van der Waals surface area contributed by atoms with Gasteiger partial charge in [-0.15, -0.1) is 0 Å². The van der Waals surface area contributed by atoms with Crippen LogP contribution in [-0.2, 0) is 16.8 Å². The van der Waals surface area contributed by atoms with E-state index in [0.29, 0.717) is 12.4 Å². The quantitative estimate of drug-likeness (QED) is 0.819. The van der Waals surface area contributed by atoms with Crippen molar-refractivity contribution in [2.45, 2.75) is 24.8 Å². The third-order valence-electron chi connectivity index (χ3n) is 4.60. The molecule has 1 aromatic carbocycles. The molecule has 0 spiro atoms. The molecule has 1 saturated carbocycles. The number of pyridine rings is 1. The lowest BCUT2D eigenvalue weighted by Crippen LogP contribution is -2.36. The van der Waals surface area contributed by atoms with Gasteiger partial charge in [-0.2, -0.15) is 0 Å². The number of nitrogens with zero attached hydrogens (tertiary/aromatic N) is 2. The Morgan fingerprint density at radius 3 is 2.46 bits per heavy atom. The van der Waals surface area contributed by atoms with E-state index in [1.165, 1.54) is 0 Å². The predicted molar refractivity (Wildman–Crippen MR) is 91.2 cm³/mol. The molecule has 1 aliphatic rings. The second-order valence-electron chi connectivity index (χ2n) is 6.14. The number of carbonyl (C=O) groups excluding carboxylic acids is 1. The smallest absolute Gasteiger partial charge is 0.233 e. The Hall–Kier alpha value is -2.56. The Bertz CT molecular complexity index is 724. The normalized spacial score (nSPS) is 14.8. The van der Waals surface area contributed by atoms with Crippen LogP contribution in [0.2, 0.25) is 0 Å². The molecule has 1 aliphatic carbocycles. The van der Waals surface area contributed by atoms with Crippen molar-refractivity contribution in [1.29, 1.82) is 0 Å². The van der Waals surface area contributed by atoms with E-state index in [1.54, 1.807) is 25.3 Å². The molecule has 0 saturated heterocycles. The second-order valence-corrected chi connectivity index (χ2v) is 6.14. The minimum atomic E-state index is -0.392. The Morgan fingerprint density at radius 1 is 1.17 bits per heavy atom. The lowest BCUT2D eigenvalue weighted by atomic mass is 9.94. The van der Waals surface area contributed by atoms with Crippen molar-refractivity contribution in [1.82, 2.24) is 9.88 Å². The molecular weight excluding hydrogens is 304 g/mol. The summed E-state index contributed by atoms with van der Waals surface area (Å²) < 4.78 is 10.5. The van der Waals surface area contributed by atoms with E-state index in [4.69, 9.17) is 9.47 Å². The van der Waals surface area contributed by atoms with Crippen molar-refractivity contribution >= 4 is 5.91 Å². The third-order valence-corrected chi connectivity index (χ3v) is 4.60. The topological polar surface area (TPSA) is 51.7 Å². The molecule has 1 heterocycles. The molecule has 24 heavy (non-hydrogen) atoms. The van der Waals surface area contributed by atoms with Gasteiger partial charge in [-0.25, -0.2) is 4.98 Å². The average Bonchev–Trinajstić information content (AvgIpc) is 3.43. The number of carbonyl (C=O) groups is 1. The van der Waals surface area contributed by atoms with Gasteiger partial charge in [0.05, 0.1) is 26.2 Å². The van der Waals surface area contributed by atoms with Crippen LogP contribution in [0.15, 0.2) is 42.6 Å². The van der Waals surface area contributed by atoms with E-state index < -0.39 is 5.41 Å². The molecular formula is C19H22N2O3. The number of likely N-dealkylation sites (N-methyl/N-ethyl adjacent to an activating group) is 1. The molecule has 1 amide bonds. The maximum absolute atomic E-state index is 13.0. The molecule has 0 unspecified atom stereocenters. The molecule has 0 atom stereocenters. The van der Waals surface area contributed by atoms with Gasteiger partial charge in [0.15, 0.2) is 0 Å². The van der Waals surface area contributed by atoms with Crippen molar-refractivity contribution in [3.05, 3.63) is 53.7 Å². The number of methoxy groups -OCH3 is 2. The first kappa shape index (κ1) is 16.3. The second kappa shape index (κ2) is 6.51. The zero-order valence-electron chi connectivity index (χ0n) is 14.3. The maximum Gasteiger partial charge on any atom is 0.233 e. The summed E-state index contributed by atoms with van der Waals surface area (Å²) in [6, 6.07) is 11.6. The van der Waals surface area contributed by atoms with Gasteiger partial charge < -0.3 is 14.4 Å². The Kier molecular flexibility index (Phi) is 4.42. The number of ether oxygens (including phenoxy) is 2. The van der Waals surface area contributed by atoms with Gasteiger partial charge in [0, 0.05) is 18.8 Å². The van der Waals surface area contributed by atoms with E-state index in [-0.39, 0.29) is 5.91 Å². The number of aromatic nitrogens is 1. The molecule has 1 aromatic heterocycles. The highest BCUT2D eigenvalue weighted by molar-refractivity contribution is 5.91. The van der Waals surface area contributed by atoms with Crippen molar-refractivity contribution in [2.75, 3.05) is 21.3 Å². The molecule has 5 nitrogen and oxygen atoms in total. The van der Waals surface area contributed by atoms with E-state index in [1.807, 2.05) is 43.4 Å². The van der Waals surface area contributed by atoms with Gasteiger partial charge in [-0.3, -0.25) is 4.79 Å². The van der Waals surface area contributed by atoms with Gasteiger partial charge in [0.1, 0.15) is 5.75 Å². The van der Waals surface area contributed by atoms with E-state index in [2.05, 4.69) is 4.98 Å². The van der Waals surface area contributed by atoms with Crippen molar-refractivity contribution in [3.8, 4) is 11.6 Å². The van der Waals surface area contributed by atoms with Crippen LogP contribution >= 0.6 is 0 Å². The largest absolute Gasteiger partial charge is 0.497 e. The Morgan fingerprint density at radius 2 is 1.88 bits per heavy atom. The minimum Gasteiger partial charge on any atom is -0.497 e. The SMILES string of the molecule is COc1ccc(C2(C(=O)N(C)Cc3cccnc3OC)CC2)cc1. The van der Waals surface area contributed by atoms with Crippen molar-refractivity contribution in [2.24, 2.45) is 0 Å². The van der Waals surface area contributed by atoms with Crippen LogP contribution in [0.25, 0.3) is 0 Å². The first-order valence-electron chi connectivity index (χ1n) is 7.99. The summed E-state index contributed by atoms with van der Waals surface area (Å²) in [6.45, 7) is 0.480. The summed E-state index contributed by atoms with van der Waals surface area (Å²) in [4.78, 5) is 19.0. The fraction of sp³-hybridized carbons (Fsp3) is 0.368. The van der Waals surface area contributed by atoms with Gasteiger partial charge in [-0.1, -0.05) is 18.2 Å². The Labute approximate surface area is 142 Å². The Balaban J connectivity index is 1.77. The van der Waals surface area contributed by atoms with Crippen molar-refractivity contribution < 1.29 is 14.3 Å². The first-order chi connectivity index (χ1) is 11.6. The summed E-state index contributed by atoms with van der Waals surface area (Å²) >= 11 is 0. The highest BCUT2D eigenvalue weighted by Gasteiger charge is 2.52. The van der Waals surface area contributed by atoms with E-state index in [0.717, 1.165) is 29.7 Å². The van der Waals surface area contributed by atoms with Crippen LogP contribution in [0.3, 0.4) is 0 Å². The third kappa shape index (κ3) is 2.94. The monoisotopic (exact) mass is 326 g/mol. The fourth-order valence-electron chi connectivity index (χ4n) is 3.08. The first-order valence-corrected chi connectivity index (χ1v) is 7.99. The van der Waals surface area contributed by atoms with Crippen LogP contribution in [-0.4, -0.2) is 37.1 Å². The van der Waals surface area contributed by atoms with Crippen molar-refractivity contribution in [3.63, 3.8) is 0 Å². The standard InChI is InChI=1S/C19H22N2O3/c1-21(13-14-5-4-12-20-17(14)24-3)18(22)19(10-11-19)15-6-8-16(23-2)9-7-15/h4-9,12H,10-11,13H2,1-3H3. The van der Waals surface area contributed by atoms with Crippen LogP contribution in [0.5, 0.6) is 11.6 Å². The van der Waals surface area contributed by atoms with Crippen LogP contribution in [0.1, 0.15) is 24.0 Å². The van der Waals surface area contributed by atoms with Crippen LogP contribution < -0.4 is 9.47 Å². The summed E-state index contributed by atoms with van der Waals surface area (Å²) in [6.07, 6.45) is 3.45. The molecule has 2 aromatic rings. The molecule has 0 bridgehead atoms. The molecule has 1 fully saturated rings. The highest BCUT2D eigenvalue weighted by Crippen LogP contribution is 2.49. The van der Waals surface area contributed by atoms with Crippen LogP contribution in [0.4, 0.5) is 0 Å². The maximum atomic E-state index is 13.0. The minimum absolute atomic E-state index is 0.138. The van der Waals surface area contributed by atoms with Crippen LogP contribution in [0, 0.1) is 0 Å². The number of benzene rings is 1. The highest BCUT2D eigenvalue weighted by atomic mass is 16.5. The zero-order chi connectivity index (χ0) is 17.2. The summed E-state index contributed by atoms with van der Waals surface area (Å²) in [5.74, 6) is 1.50.